The molecule has 1 fully saturated rings. The van der Waals surface area contributed by atoms with Crippen LogP contribution in [0.5, 0.6) is 0 Å². The van der Waals surface area contributed by atoms with E-state index in [0.29, 0.717) is 17.4 Å². The molecule has 1 aliphatic rings. The smallest absolute Gasteiger partial charge is 0.166 e. The highest BCUT2D eigenvalue weighted by molar-refractivity contribution is 5.73. The largest absolute Gasteiger partial charge is 0.327 e. The van der Waals surface area contributed by atoms with Crippen molar-refractivity contribution in [3.8, 4) is 6.07 Å². The monoisotopic (exact) mass is 160 g/mol. The summed E-state index contributed by atoms with van der Waals surface area (Å²) in [6, 6.07) is 5.87. The first-order valence-electron chi connectivity index (χ1n) is 3.93. The van der Waals surface area contributed by atoms with Gasteiger partial charge >= 0.3 is 0 Å². The Morgan fingerprint density at radius 3 is 2.83 bits per heavy atom. The van der Waals surface area contributed by atoms with Gasteiger partial charge in [-0.2, -0.15) is 5.26 Å². The van der Waals surface area contributed by atoms with E-state index in [9.17, 15) is 4.79 Å². The highest BCUT2D eigenvalue weighted by Crippen LogP contribution is 2.37. The number of nitrogens with zero attached hydrogens (tertiary/aromatic N) is 2. The Morgan fingerprint density at radius 2 is 2.33 bits per heavy atom. The zero-order valence-electron chi connectivity index (χ0n) is 6.53. The van der Waals surface area contributed by atoms with Crippen LogP contribution < -0.4 is 0 Å². The fourth-order valence-corrected chi connectivity index (χ4v) is 1.39. The highest BCUT2D eigenvalue weighted by atomic mass is 16.1. The summed E-state index contributed by atoms with van der Waals surface area (Å²) in [5.74, 6) is 0. The van der Waals surface area contributed by atoms with Crippen molar-refractivity contribution in [2.45, 2.75) is 18.9 Å². The summed E-state index contributed by atoms with van der Waals surface area (Å²) in [6.45, 7) is 0. The van der Waals surface area contributed by atoms with Gasteiger partial charge in [0.2, 0.25) is 0 Å². The molecule has 1 heterocycles. The lowest BCUT2D eigenvalue weighted by atomic mass is 10.4. The molecule has 1 aliphatic carbocycles. The summed E-state index contributed by atoms with van der Waals surface area (Å²) >= 11 is 0. The Balaban J connectivity index is 2.51. The topological polar surface area (TPSA) is 45.8 Å². The van der Waals surface area contributed by atoms with Gasteiger partial charge in [-0.15, -0.1) is 0 Å². The van der Waals surface area contributed by atoms with Crippen LogP contribution >= 0.6 is 0 Å². The molecular formula is C9H8N2O. The predicted octanol–water partition coefficient (Wildman–Crippen LogP) is 1.51. The molecule has 0 aromatic carbocycles. The number of nitriles is 1. The van der Waals surface area contributed by atoms with Crippen molar-refractivity contribution >= 4 is 6.29 Å². The second-order valence-corrected chi connectivity index (χ2v) is 2.97. The molecule has 0 N–H and O–H groups in total. The second kappa shape index (κ2) is 2.49. The molecule has 0 radical (unpaired) electrons. The quantitative estimate of drug-likeness (QED) is 0.615. The average Bonchev–Trinajstić information content (AvgIpc) is 2.85. The third-order valence-corrected chi connectivity index (χ3v) is 2.10. The van der Waals surface area contributed by atoms with Gasteiger partial charge in [0.05, 0.1) is 5.69 Å². The maximum atomic E-state index is 10.6. The third-order valence-electron chi connectivity index (χ3n) is 2.10. The van der Waals surface area contributed by atoms with Crippen molar-refractivity contribution in [2.24, 2.45) is 0 Å². The van der Waals surface area contributed by atoms with E-state index in [1.165, 1.54) is 0 Å². The van der Waals surface area contributed by atoms with Crippen LogP contribution in [0, 0.1) is 11.3 Å². The van der Waals surface area contributed by atoms with E-state index in [4.69, 9.17) is 5.26 Å². The van der Waals surface area contributed by atoms with Crippen molar-refractivity contribution in [1.29, 1.82) is 5.26 Å². The molecule has 0 spiro atoms. The SMILES string of the molecule is N#Cc1ccc(C=O)n1C1CC1. The number of aromatic nitrogens is 1. The lowest BCUT2D eigenvalue weighted by Gasteiger charge is -2.02. The minimum Gasteiger partial charge on any atom is -0.327 e. The van der Waals surface area contributed by atoms with Crippen LogP contribution in [0.25, 0.3) is 0 Å². The number of hydrogen-bond donors (Lipinski definition) is 0. The van der Waals surface area contributed by atoms with Crippen LogP contribution in [0.1, 0.15) is 35.1 Å². The number of hydrogen-bond acceptors (Lipinski definition) is 2. The van der Waals surface area contributed by atoms with Gasteiger partial charge in [0.1, 0.15) is 11.8 Å². The minimum atomic E-state index is 0.398. The normalized spacial score (nSPS) is 15.6. The van der Waals surface area contributed by atoms with E-state index in [1.807, 2.05) is 4.57 Å². The first-order valence-corrected chi connectivity index (χ1v) is 3.93. The molecule has 1 aromatic rings. The van der Waals surface area contributed by atoms with E-state index < -0.39 is 0 Å². The Morgan fingerprint density at radius 1 is 1.58 bits per heavy atom. The molecule has 60 valence electrons. The first-order chi connectivity index (χ1) is 5.86. The van der Waals surface area contributed by atoms with Crippen molar-refractivity contribution < 1.29 is 4.79 Å². The van der Waals surface area contributed by atoms with E-state index in [1.54, 1.807) is 12.1 Å². The fourth-order valence-electron chi connectivity index (χ4n) is 1.39. The molecule has 2 rings (SSSR count). The van der Waals surface area contributed by atoms with Gasteiger partial charge in [-0.1, -0.05) is 0 Å². The van der Waals surface area contributed by atoms with Crippen LogP contribution in [0.4, 0.5) is 0 Å². The Bertz CT molecular complexity index is 355. The molecule has 3 heteroatoms. The van der Waals surface area contributed by atoms with Gasteiger partial charge in [-0.3, -0.25) is 4.79 Å². The van der Waals surface area contributed by atoms with E-state index in [-0.39, 0.29) is 0 Å². The van der Waals surface area contributed by atoms with Gasteiger partial charge < -0.3 is 4.57 Å². The summed E-state index contributed by atoms with van der Waals surface area (Å²) in [6.07, 6.45) is 2.98. The number of carbonyl (C=O) groups excluding carboxylic acids is 1. The third kappa shape index (κ3) is 0.928. The second-order valence-electron chi connectivity index (χ2n) is 2.97. The fraction of sp³-hybridized carbons (Fsp3) is 0.333. The van der Waals surface area contributed by atoms with E-state index in [2.05, 4.69) is 6.07 Å². The standard InChI is InChI=1S/C9H8N2O/c10-5-8-3-4-9(6-12)11(8)7-1-2-7/h3-4,6-7H,1-2H2. The van der Waals surface area contributed by atoms with E-state index >= 15 is 0 Å². The highest BCUT2D eigenvalue weighted by Gasteiger charge is 2.27. The van der Waals surface area contributed by atoms with Crippen molar-refractivity contribution in [1.82, 2.24) is 4.57 Å². The Kier molecular flexibility index (Phi) is 1.47. The van der Waals surface area contributed by atoms with Crippen LogP contribution in [0.3, 0.4) is 0 Å². The number of aldehydes is 1. The van der Waals surface area contributed by atoms with Crippen molar-refractivity contribution in [3.05, 3.63) is 23.5 Å². The molecule has 1 aromatic heterocycles. The van der Waals surface area contributed by atoms with Crippen LogP contribution in [0.15, 0.2) is 12.1 Å². The summed E-state index contributed by atoms with van der Waals surface area (Å²) in [7, 11) is 0. The molecule has 0 amide bonds. The lowest BCUT2D eigenvalue weighted by Crippen LogP contribution is -2.01. The number of carbonyl (C=O) groups is 1. The molecule has 0 saturated heterocycles. The van der Waals surface area contributed by atoms with Gasteiger partial charge in [-0.05, 0) is 25.0 Å². The minimum absolute atomic E-state index is 0.398. The van der Waals surface area contributed by atoms with Gasteiger partial charge in [0, 0.05) is 6.04 Å². The summed E-state index contributed by atoms with van der Waals surface area (Å²) < 4.78 is 1.83. The zero-order valence-corrected chi connectivity index (χ0v) is 6.53. The molecule has 0 aliphatic heterocycles. The van der Waals surface area contributed by atoms with Crippen molar-refractivity contribution in [3.63, 3.8) is 0 Å². The molecule has 0 unspecified atom stereocenters. The van der Waals surface area contributed by atoms with Crippen LogP contribution in [0.2, 0.25) is 0 Å². The molecular weight excluding hydrogens is 152 g/mol. The Labute approximate surface area is 70.2 Å². The molecule has 0 bridgehead atoms. The molecule has 0 atom stereocenters. The lowest BCUT2D eigenvalue weighted by molar-refractivity contribution is 0.111. The van der Waals surface area contributed by atoms with Crippen molar-refractivity contribution in [2.75, 3.05) is 0 Å². The van der Waals surface area contributed by atoms with Gasteiger partial charge in [-0.25, -0.2) is 0 Å². The first kappa shape index (κ1) is 7.11. The van der Waals surface area contributed by atoms with E-state index in [0.717, 1.165) is 19.1 Å². The molecule has 12 heavy (non-hydrogen) atoms. The van der Waals surface area contributed by atoms with Crippen LogP contribution in [-0.4, -0.2) is 10.9 Å². The maximum absolute atomic E-state index is 10.6. The van der Waals surface area contributed by atoms with Gasteiger partial charge in [0.25, 0.3) is 0 Å². The summed E-state index contributed by atoms with van der Waals surface area (Å²) in [5, 5.41) is 8.72. The van der Waals surface area contributed by atoms with Gasteiger partial charge in [0.15, 0.2) is 6.29 Å². The van der Waals surface area contributed by atoms with Crippen LogP contribution in [-0.2, 0) is 0 Å². The molecule has 3 nitrogen and oxygen atoms in total. The number of rotatable bonds is 2. The predicted molar refractivity (Wildman–Crippen MR) is 42.8 cm³/mol. The zero-order chi connectivity index (χ0) is 8.55. The average molecular weight is 160 g/mol. The Hall–Kier alpha value is -1.56. The molecule has 1 saturated carbocycles. The summed E-state index contributed by atoms with van der Waals surface area (Å²) in [4.78, 5) is 10.6. The maximum Gasteiger partial charge on any atom is 0.166 e. The summed E-state index contributed by atoms with van der Waals surface area (Å²) in [5.41, 5.74) is 1.22.